The number of aryl methyl sites for hydroxylation is 1. The molecule has 6 nitrogen and oxygen atoms in total. The van der Waals surface area contributed by atoms with Gasteiger partial charge in [0, 0.05) is 28.1 Å². The molecule has 1 aromatic carbocycles. The molecule has 1 aliphatic heterocycles. The largest absolute Gasteiger partial charge is 0.449 e. The number of hydrazine groups is 1. The molecular formula is C19H21ClN4O2S. The van der Waals surface area contributed by atoms with Crippen LogP contribution >= 0.6 is 22.9 Å². The smallest absolute Gasteiger partial charge is 0.428 e. The number of rotatable bonds is 3. The predicted molar refractivity (Wildman–Crippen MR) is 111 cm³/mol. The molecule has 2 aromatic rings. The molecule has 1 aliphatic rings. The summed E-state index contributed by atoms with van der Waals surface area (Å²) in [5, 5.41) is 2.76. The molecule has 0 atom stereocenters. The molecule has 27 heavy (non-hydrogen) atoms. The number of thiophene rings is 1. The van der Waals surface area contributed by atoms with Crippen LogP contribution in [0.4, 0.5) is 9.80 Å². The number of hydrogen-bond donors (Lipinski definition) is 1. The van der Waals surface area contributed by atoms with Gasteiger partial charge in [-0.05, 0) is 25.5 Å². The topological polar surface area (TPSA) is 66.3 Å². The van der Waals surface area contributed by atoms with E-state index in [4.69, 9.17) is 26.3 Å². The van der Waals surface area contributed by atoms with E-state index in [1.54, 1.807) is 25.3 Å². The monoisotopic (exact) mass is 404 g/mol. The lowest BCUT2D eigenvalue weighted by atomic mass is 10.0. The van der Waals surface area contributed by atoms with Crippen LogP contribution in [0.15, 0.2) is 40.3 Å². The summed E-state index contributed by atoms with van der Waals surface area (Å²) >= 11 is 8.03. The van der Waals surface area contributed by atoms with Crippen molar-refractivity contribution in [3.05, 3.63) is 51.4 Å². The van der Waals surface area contributed by atoms with Gasteiger partial charge in [-0.1, -0.05) is 36.7 Å². The van der Waals surface area contributed by atoms with Crippen molar-refractivity contribution in [1.82, 2.24) is 10.4 Å². The van der Waals surface area contributed by atoms with Crippen LogP contribution in [0, 0.1) is 0 Å². The molecule has 2 heterocycles. The lowest BCUT2D eigenvalue weighted by Crippen LogP contribution is -2.44. The van der Waals surface area contributed by atoms with Crippen LogP contribution in [0.3, 0.4) is 0 Å². The van der Waals surface area contributed by atoms with Crippen LogP contribution in [0.2, 0.25) is 5.02 Å². The zero-order chi connectivity index (χ0) is 19.4. The SMILES string of the molecule is CCOC(=O)N(C)NC1=Nc2sc(CC)cc2C(c2ccccc2Cl)=NC1. The van der Waals surface area contributed by atoms with Crippen molar-refractivity contribution < 1.29 is 9.53 Å². The molecule has 0 fully saturated rings. The third-order valence-corrected chi connectivity index (χ3v) is 5.46. The van der Waals surface area contributed by atoms with Gasteiger partial charge in [0.2, 0.25) is 0 Å². The molecule has 0 saturated heterocycles. The maximum atomic E-state index is 11.9. The van der Waals surface area contributed by atoms with Gasteiger partial charge in [0.15, 0.2) is 0 Å². The highest BCUT2D eigenvalue weighted by Crippen LogP contribution is 2.35. The molecule has 3 rings (SSSR count). The van der Waals surface area contributed by atoms with E-state index in [1.165, 1.54) is 9.89 Å². The fourth-order valence-electron chi connectivity index (χ4n) is 2.66. The highest BCUT2D eigenvalue weighted by molar-refractivity contribution is 7.16. The molecular weight excluding hydrogens is 384 g/mol. The molecule has 0 saturated carbocycles. The number of hydrogen-bond acceptors (Lipinski definition) is 6. The quantitative estimate of drug-likeness (QED) is 0.769. The number of amidine groups is 1. The van der Waals surface area contributed by atoms with Crippen LogP contribution in [0.1, 0.15) is 29.9 Å². The Morgan fingerprint density at radius 2 is 2.11 bits per heavy atom. The molecule has 0 aliphatic carbocycles. The van der Waals surface area contributed by atoms with Crippen molar-refractivity contribution in [3.8, 4) is 0 Å². The number of aliphatic imine (C=N–C) groups is 2. The molecule has 0 spiro atoms. The summed E-state index contributed by atoms with van der Waals surface area (Å²) in [6.07, 6.45) is 0.439. The van der Waals surface area contributed by atoms with Crippen LogP contribution < -0.4 is 5.43 Å². The highest BCUT2D eigenvalue weighted by Gasteiger charge is 2.22. The van der Waals surface area contributed by atoms with Gasteiger partial charge in [-0.2, -0.15) is 0 Å². The lowest BCUT2D eigenvalue weighted by Gasteiger charge is -2.18. The minimum absolute atomic E-state index is 0.299. The van der Waals surface area contributed by atoms with E-state index in [2.05, 4.69) is 18.4 Å². The minimum Gasteiger partial charge on any atom is -0.449 e. The number of ether oxygens (including phenoxy) is 1. The van der Waals surface area contributed by atoms with Crippen molar-refractivity contribution in [2.45, 2.75) is 20.3 Å². The molecule has 1 amide bonds. The van der Waals surface area contributed by atoms with Crippen LogP contribution in [-0.4, -0.2) is 42.8 Å². The number of amides is 1. The van der Waals surface area contributed by atoms with Gasteiger partial charge in [-0.25, -0.2) is 14.8 Å². The minimum atomic E-state index is -0.472. The Hall–Kier alpha value is -2.38. The first-order valence-electron chi connectivity index (χ1n) is 8.70. The van der Waals surface area contributed by atoms with Gasteiger partial charge in [0.1, 0.15) is 10.8 Å². The number of nitrogens with zero attached hydrogens (tertiary/aromatic N) is 3. The predicted octanol–water partition coefficient (Wildman–Crippen LogP) is 4.44. The van der Waals surface area contributed by atoms with E-state index >= 15 is 0 Å². The van der Waals surface area contributed by atoms with Crippen LogP contribution in [0.25, 0.3) is 0 Å². The summed E-state index contributed by atoms with van der Waals surface area (Å²) in [5.74, 6) is 0.568. The van der Waals surface area contributed by atoms with Gasteiger partial charge in [0.05, 0.1) is 18.9 Å². The number of benzene rings is 1. The maximum Gasteiger partial charge on any atom is 0.428 e. The second-order valence-corrected chi connectivity index (χ2v) is 7.38. The molecule has 8 heteroatoms. The number of carbonyl (C=O) groups excluding carboxylic acids is 1. The summed E-state index contributed by atoms with van der Waals surface area (Å²) in [6.45, 7) is 4.47. The first kappa shape index (κ1) is 19.4. The van der Waals surface area contributed by atoms with Crippen molar-refractivity contribution in [1.29, 1.82) is 0 Å². The fourth-order valence-corrected chi connectivity index (χ4v) is 3.87. The molecule has 142 valence electrons. The van der Waals surface area contributed by atoms with Gasteiger partial charge < -0.3 is 4.74 Å². The van der Waals surface area contributed by atoms with Crippen LogP contribution in [-0.2, 0) is 11.2 Å². The van der Waals surface area contributed by atoms with Gasteiger partial charge in [-0.3, -0.25) is 10.4 Å². The van der Waals surface area contributed by atoms with Crippen molar-refractivity contribution in [2.24, 2.45) is 9.98 Å². The number of nitrogens with one attached hydrogen (secondary N) is 1. The van der Waals surface area contributed by atoms with Crippen molar-refractivity contribution in [2.75, 3.05) is 20.2 Å². The van der Waals surface area contributed by atoms with E-state index < -0.39 is 6.09 Å². The van der Waals surface area contributed by atoms with E-state index in [0.29, 0.717) is 24.0 Å². The molecule has 1 aromatic heterocycles. The summed E-state index contributed by atoms with van der Waals surface area (Å²) < 4.78 is 4.99. The molecule has 0 radical (unpaired) electrons. The first-order chi connectivity index (χ1) is 13.0. The van der Waals surface area contributed by atoms with Crippen molar-refractivity contribution in [3.63, 3.8) is 0 Å². The standard InChI is InChI=1S/C19H21ClN4O2S/c1-4-12-10-14-17(13-8-6-7-9-15(13)20)21-11-16(22-18(14)27-12)23-24(3)19(25)26-5-2/h6-10H,4-5,11H2,1-3H3,(H,22,23). The highest BCUT2D eigenvalue weighted by atomic mass is 35.5. The van der Waals surface area contributed by atoms with Crippen molar-refractivity contribution >= 4 is 45.6 Å². The van der Waals surface area contributed by atoms with E-state index in [0.717, 1.165) is 28.3 Å². The normalized spacial score (nSPS) is 13.2. The average molecular weight is 405 g/mol. The Bertz CT molecular complexity index is 907. The van der Waals surface area contributed by atoms with Gasteiger partial charge in [0.25, 0.3) is 0 Å². The second-order valence-electron chi connectivity index (χ2n) is 5.86. The number of halogens is 1. The summed E-state index contributed by atoms with van der Waals surface area (Å²) in [6, 6.07) is 9.76. The maximum absolute atomic E-state index is 11.9. The number of carbonyl (C=O) groups is 1. The Balaban J connectivity index is 1.98. The Kier molecular flexibility index (Phi) is 6.13. The summed E-state index contributed by atoms with van der Waals surface area (Å²) in [7, 11) is 1.59. The summed E-state index contributed by atoms with van der Waals surface area (Å²) in [4.78, 5) is 22.5. The summed E-state index contributed by atoms with van der Waals surface area (Å²) in [5.41, 5.74) is 5.61. The molecule has 1 N–H and O–H groups in total. The third kappa shape index (κ3) is 4.31. The van der Waals surface area contributed by atoms with E-state index in [-0.39, 0.29) is 0 Å². The van der Waals surface area contributed by atoms with E-state index in [9.17, 15) is 4.79 Å². The number of fused-ring (bicyclic) bond motifs is 1. The first-order valence-corrected chi connectivity index (χ1v) is 9.90. The fraction of sp³-hybridized carbons (Fsp3) is 0.316. The zero-order valence-electron chi connectivity index (χ0n) is 15.5. The third-order valence-electron chi connectivity index (χ3n) is 3.96. The van der Waals surface area contributed by atoms with Crippen LogP contribution in [0.5, 0.6) is 0 Å². The Morgan fingerprint density at radius 1 is 1.33 bits per heavy atom. The molecule has 0 unspecified atom stereocenters. The Morgan fingerprint density at radius 3 is 2.81 bits per heavy atom. The molecule has 0 bridgehead atoms. The van der Waals surface area contributed by atoms with Gasteiger partial charge >= 0.3 is 6.09 Å². The second kappa shape index (κ2) is 8.54. The zero-order valence-corrected chi connectivity index (χ0v) is 17.0. The Labute approximate surface area is 167 Å². The van der Waals surface area contributed by atoms with E-state index in [1.807, 2.05) is 24.3 Å². The van der Waals surface area contributed by atoms with Gasteiger partial charge in [-0.15, -0.1) is 11.3 Å². The average Bonchev–Trinajstić information content (AvgIpc) is 2.98. The lowest BCUT2D eigenvalue weighted by molar-refractivity contribution is 0.108.